The first-order chi connectivity index (χ1) is 16.6. The topological polar surface area (TPSA) is 111 Å². The molecule has 0 atom stereocenters. The van der Waals surface area contributed by atoms with Crippen molar-refractivity contribution in [3.63, 3.8) is 0 Å². The van der Waals surface area contributed by atoms with Crippen LogP contribution in [0.5, 0.6) is 11.6 Å². The molecule has 1 aromatic heterocycles. The maximum atomic E-state index is 13.3. The normalized spacial score (nSPS) is 11.2. The van der Waals surface area contributed by atoms with Crippen molar-refractivity contribution >= 4 is 21.6 Å². The number of nitrogens with zero attached hydrogens (tertiary/aromatic N) is 1. The predicted molar refractivity (Wildman–Crippen MR) is 136 cm³/mol. The highest BCUT2D eigenvalue weighted by atomic mass is 32.2. The molecule has 0 unspecified atom stereocenters. The highest BCUT2D eigenvalue weighted by Crippen LogP contribution is 2.32. The number of rotatable bonds is 6. The van der Waals surface area contributed by atoms with Crippen molar-refractivity contribution < 1.29 is 17.9 Å². The Balaban J connectivity index is 1.77. The van der Waals surface area contributed by atoms with Gasteiger partial charge in [0, 0.05) is 17.4 Å². The Labute approximate surface area is 204 Å². The fraction of sp³-hybridized carbons (Fsp3) is 0.111. The molecule has 4 rings (SSSR count). The van der Waals surface area contributed by atoms with E-state index >= 15 is 0 Å². The van der Waals surface area contributed by atoms with Gasteiger partial charge in [-0.25, -0.2) is 18.1 Å². The molecule has 3 aromatic carbocycles. The predicted octanol–water partition coefficient (Wildman–Crippen LogP) is 5.17. The zero-order chi connectivity index (χ0) is 25.2. The molecule has 1 heterocycles. The molecule has 0 radical (unpaired) electrons. The van der Waals surface area contributed by atoms with Crippen LogP contribution in [0.1, 0.15) is 27.0 Å². The number of sulfonamides is 1. The number of aryl methyl sites for hydroxylation is 3. The number of carbonyl (C=O) groups excluding carboxylic acids is 1. The monoisotopic (exact) mass is 487 g/mol. The van der Waals surface area contributed by atoms with Gasteiger partial charge in [-0.3, -0.25) is 4.79 Å². The Bertz CT molecular complexity index is 1490. The van der Waals surface area contributed by atoms with Gasteiger partial charge in [0.25, 0.3) is 15.9 Å². The average Bonchev–Trinajstić information content (AvgIpc) is 2.81. The summed E-state index contributed by atoms with van der Waals surface area (Å²) in [5.74, 6) is -0.307. The second kappa shape index (κ2) is 9.60. The Hall–Kier alpha value is -4.17. The minimum Gasteiger partial charge on any atom is -0.438 e. The molecule has 0 saturated carbocycles. The first-order valence-electron chi connectivity index (χ1n) is 10.9. The van der Waals surface area contributed by atoms with Gasteiger partial charge >= 0.3 is 0 Å². The molecular formula is C27H25N3O4S. The van der Waals surface area contributed by atoms with Crippen LogP contribution in [0.25, 0.3) is 11.1 Å². The Kier molecular flexibility index (Phi) is 6.57. The van der Waals surface area contributed by atoms with Crippen molar-refractivity contribution in [3.05, 3.63) is 101 Å². The molecular weight excluding hydrogens is 462 g/mol. The quantitative estimate of drug-likeness (QED) is 0.363. The summed E-state index contributed by atoms with van der Waals surface area (Å²) in [7, 11) is -4.18. The van der Waals surface area contributed by atoms with Crippen LogP contribution in [0.2, 0.25) is 0 Å². The van der Waals surface area contributed by atoms with Gasteiger partial charge in [0.05, 0.1) is 4.90 Å². The maximum Gasteiger partial charge on any atom is 0.270 e. The zero-order valence-electron chi connectivity index (χ0n) is 19.6. The Morgan fingerprint density at radius 3 is 2.23 bits per heavy atom. The number of nitrogens with two attached hydrogens (primary N) is 1. The van der Waals surface area contributed by atoms with E-state index in [0.29, 0.717) is 11.3 Å². The van der Waals surface area contributed by atoms with Crippen LogP contribution in [0.3, 0.4) is 0 Å². The van der Waals surface area contributed by atoms with Crippen LogP contribution in [0, 0.1) is 20.8 Å². The fourth-order valence-corrected chi connectivity index (χ4v) is 4.85. The third kappa shape index (κ3) is 5.33. The maximum absolute atomic E-state index is 13.3. The number of ether oxygens (including phenoxy) is 1. The number of hydrogen-bond donors (Lipinski definition) is 2. The number of amides is 1. The number of benzene rings is 3. The summed E-state index contributed by atoms with van der Waals surface area (Å²) in [5, 5.41) is 0. The third-order valence-electron chi connectivity index (χ3n) is 5.40. The summed E-state index contributed by atoms with van der Waals surface area (Å²) in [6.07, 6.45) is 1.59. The van der Waals surface area contributed by atoms with Crippen molar-refractivity contribution in [2.45, 2.75) is 25.7 Å². The summed E-state index contributed by atoms with van der Waals surface area (Å²) >= 11 is 0. The van der Waals surface area contributed by atoms with Crippen LogP contribution in [-0.2, 0) is 10.0 Å². The van der Waals surface area contributed by atoms with E-state index in [9.17, 15) is 13.2 Å². The summed E-state index contributed by atoms with van der Waals surface area (Å²) < 4.78 is 34.0. The molecule has 0 aliphatic heterocycles. The molecule has 0 fully saturated rings. The van der Waals surface area contributed by atoms with Crippen molar-refractivity contribution in [2.24, 2.45) is 0 Å². The minimum absolute atomic E-state index is 0.00000903. The van der Waals surface area contributed by atoms with Crippen molar-refractivity contribution in [3.8, 4) is 22.8 Å². The molecule has 0 bridgehead atoms. The van der Waals surface area contributed by atoms with E-state index in [1.807, 2.05) is 63.2 Å². The minimum atomic E-state index is -4.18. The van der Waals surface area contributed by atoms with Gasteiger partial charge in [0.2, 0.25) is 5.88 Å². The fourth-order valence-electron chi connectivity index (χ4n) is 3.83. The number of nitrogen functional groups attached to an aromatic ring is 1. The van der Waals surface area contributed by atoms with Crippen molar-refractivity contribution in [1.82, 2.24) is 9.71 Å². The molecule has 178 valence electrons. The smallest absolute Gasteiger partial charge is 0.270 e. The summed E-state index contributed by atoms with van der Waals surface area (Å²) in [5.41, 5.74) is 10.3. The average molecular weight is 488 g/mol. The first-order valence-corrected chi connectivity index (χ1v) is 12.4. The van der Waals surface area contributed by atoms with Gasteiger partial charge in [0.1, 0.15) is 11.3 Å². The van der Waals surface area contributed by atoms with Gasteiger partial charge in [-0.1, -0.05) is 54.1 Å². The largest absolute Gasteiger partial charge is 0.438 e. The van der Waals surface area contributed by atoms with Gasteiger partial charge < -0.3 is 10.5 Å². The van der Waals surface area contributed by atoms with E-state index < -0.39 is 15.9 Å². The van der Waals surface area contributed by atoms with Gasteiger partial charge in [0.15, 0.2) is 0 Å². The lowest BCUT2D eigenvalue weighted by molar-refractivity contribution is 0.0978. The van der Waals surface area contributed by atoms with E-state index in [1.54, 1.807) is 18.3 Å². The molecule has 0 spiro atoms. The van der Waals surface area contributed by atoms with Crippen LogP contribution in [-0.4, -0.2) is 19.3 Å². The standard InChI is InChI=1S/C27H25N3O4S/c1-17-12-18(2)25(19(3)13-17)34-27-24(14-21(16-29-27)20-8-5-4-6-9-20)26(31)30-35(32,33)23-11-7-10-22(28)15-23/h4-16H,28H2,1-3H3,(H,30,31). The highest BCUT2D eigenvalue weighted by Gasteiger charge is 2.24. The zero-order valence-corrected chi connectivity index (χ0v) is 20.4. The van der Waals surface area contributed by atoms with Crippen LogP contribution < -0.4 is 15.2 Å². The number of pyridine rings is 1. The molecule has 0 saturated heterocycles. The number of nitrogens with one attached hydrogen (secondary N) is 1. The van der Waals surface area contributed by atoms with Crippen molar-refractivity contribution in [1.29, 1.82) is 0 Å². The van der Waals surface area contributed by atoms with E-state index in [1.165, 1.54) is 18.2 Å². The SMILES string of the molecule is Cc1cc(C)c(Oc2ncc(-c3ccccc3)cc2C(=O)NS(=O)(=O)c2cccc(N)c2)c(C)c1. The molecule has 1 amide bonds. The van der Waals surface area contributed by atoms with Crippen LogP contribution >= 0.6 is 0 Å². The van der Waals surface area contributed by atoms with Crippen LogP contribution in [0.4, 0.5) is 5.69 Å². The first kappa shape index (κ1) is 24.0. The lowest BCUT2D eigenvalue weighted by atomic mass is 10.1. The van der Waals surface area contributed by atoms with E-state index in [-0.39, 0.29) is 22.0 Å². The summed E-state index contributed by atoms with van der Waals surface area (Å²) in [6.45, 7) is 5.78. The van der Waals surface area contributed by atoms with Gasteiger partial charge in [-0.05, 0) is 61.7 Å². The lowest BCUT2D eigenvalue weighted by Crippen LogP contribution is -2.31. The number of aromatic nitrogens is 1. The molecule has 7 nitrogen and oxygen atoms in total. The Morgan fingerprint density at radius 1 is 0.886 bits per heavy atom. The molecule has 0 aliphatic rings. The molecule has 4 aromatic rings. The van der Waals surface area contributed by atoms with E-state index in [2.05, 4.69) is 9.71 Å². The molecule has 8 heteroatoms. The third-order valence-corrected chi connectivity index (χ3v) is 6.73. The molecule has 3 N–H and O–H groups in total. The van der Waals surface area contributed by atoms with Gasteiger partial charge in [-0.15, -0.1) is 0 Å². The Morgan fingerprint density at radius 2 is 1.57 bits per heavy atom. The lowest BCUT2D eigenvalue weighted by Gasteiger charge is -2.16. The second-order valence-electron chi connectivity index (χ2n) is 8.28. The number of anilines is 1. The van der Waals surface area contributed by atoms with E-state index in [4.69, 9.17) is 10.5 Å². The second-order valence-corrected chi connectivity index (χ2v) is 9.96. The van der Waals surface area contributed by atoms with E-state index in [0.717, 1.165) is 22.3 Å². The number of carbonyl (C=O) groups is 1. The van der Waals surface area contributed by atoms with Crippen LogP contribution in [0.15, 0.2) is 83.9 Å². The highest BCUT2D eigenvalue weighted by molar-refractivity contribution is 7.90. The van der Waals surface area contributed by atoms with Crippen molar-refractivity contribution in [2.75, 3.05) is 5.73 Å². The number of hydrogen-bond acceptors (Lipinski definition) is 6. The van der Waals surface area contributed by atoms with Gasteiger partial charge in [-0.2, -0.15) is 0 Å². The summed E-state index contributed by atoms with van der Waals surface area (Å²) in [4.78, 5) is 17.6. The molecule has 0 aliphatic carbocycles. The molecule has 35 heavy (non-hydrogen) atoms. The summed E-state index contributed by atoms with van der Waals surface area (Å²) in [6, 6.07) is 20.6.